The number of benzene rings is 1. The van der Waals surface area contributed by atoms with Gasteiger partial charge in [0.05, 0.1) is 23.0 Å². The number of nitro benzene ring substituents is 1. The fourth-order valence-corrected chi connectivity index (χ4v) is 3.35. The van der Waals surface area contributed by atoms with E-state index in [4.69, 9.17) is 9.15 Å². The zero-order valence-electron chi connectivity index (χ0n) is 17.6. The van der Waals surface area contributed by atoms with E-state index in [1.807, 2.05) is 27.7 Å². The van der Waals surface area contributed by atoms with Gasteiger partial charge < -0.3 is 14.5 Å². The minimum atomic E-state index is -0.668. The summed E-state index contributed by atoms with van der Waals surface area (Å²) in [6.45, 7) is 9.71. The average Bonchev–Trinajstić information content (AvgIpc) is 3.19. The highest BCUT2D eigenvalue weighted by atomic mass is 16.6. The van der Waals surface area contributed by atoms with Gasteiger partial charge in [-0.05, 0) is 24.8 Å². The Labute approximate surface area is 174 Å². The van der Waals surface area contributed by atoms with Gasteiger partial charge in [0.2, 0.25) is 12.3 Å². The molecule has 0 fully saturated rings. The summed E-state index contributed by atoms with van der Waals surface area (Å²) in [6, 6.07) is 6.17. The van der Waals surface area contributed by atoms with Crippen molar-refractivity contribution in [1.29, 1.82) is 0 Å². The average molecular weight is 412 g/mol. The van der Waals surface area contributed by atoms with Crippen LogP contribution in [-0.2, 0) is 9.53 Å². The fourth-order valence-electron chi connectivity index (χ4n) is 3.35. The summed E-state index contributed by atoms with van der Waals surface area (Å²) in [5.74, 6) is -0.944. The molecule has 1 aliphatic rings. The second-order valence-corrected chi connectivity index (χ2v) is 8.37. The summed E-state index contributed by atoms with van der Waals surface area (Å²) >= 11 is 0. The van der Waals surface area contributed by atoms with E-state index in [9.17, 15) is 14.9 Å². The van der Waals surface area contributed by atoms with Crippen LogP contribution in [0.4, 0.5) is 5.69 Å². The van der Waals surface area contributed by atoms with Crippen LogP contribution in [0.1, 0.15) is 52.0 Å². The van der Waals surface area contributed by atoms with Gasteiger partial charge in [0, 0.05) is 29.1 Å². The maximum atomic E-state index is 13.1. The summed E-state index contributed by atoms with van der Waals surface area (Å²) in [4.78, 5) is 24.0. The van der Waals surface area contributed by atoms with Gasteiger partial charge in [-0.3, -0.25) is 10.1 Å². The van der Waals surface area contributed by atoms with Gasteiger partial charge in [-0.15, -0.1) is 10.2 Å². The number of ether oxygens (including phenoxy) is 1. The standard InChI is InChI=1S/C21H24N4O5/c1-12-16(19-24-22-11-30-19)18(14-7-6-8-15(9-14)25(27)28)17(13(2)23-12)20(26)29-10-21(3,4)5/h6-9,11,18,23H,10H2,1-5H3. The van der Waals surface area contributed by atoms with Crippen LogP contribution in [0.3, 0.4) is 0 Å². The SMILES string of the molecule is CC1=C(C(=O)OCC(C)(C)C)C(c2cccc([N+](=O)[O-])c2)C(c2nnco2)=C(C)N1. The Balaban J connectivity index is 2.14. The Hall–Kier alpha value is -3.49. The van der Waals surface area contributed by atoms with Crippen LogP contribution in [0.15, 0.2) is 52.0 Å². The second-order valence-electron chi connectivity index (χ2n) is 8.37. The summed E-state index contributed by atoms with van der Waals surface area (Å²) in [5, 5.41) is 22.3. The zero-order chi connectivity index (χ0) is 22.1. The van der Waals surface area contributed by atoms with Crippen LogP contribution in [-0.4, -0.2) is 27.7 Å². The van der Waals surface area contributed by atoms with E-state index in [0.29, 0.717) is 28.1 Å². The Morgan fingerprint density at radius 1 is 1.30 bits per heavy atom. The number of dihydropyridines is 1. The largest absolute Gasteiger partial charge is 0.462 e. The van der Waals surface area contributed by atoms with Gasteiger partial charge in [-0.1, -0.05) is 32.9 Å². The number of esters is 1. The molecule has 0 amide bonds. The molecular weight excluding hydrogens is 388 g/mol. The lowest BCUT2D eigenvalue weighted by Crippen LogP contribution is -2.30. The molecule has 0 spiro atoms. The molecule has 0 radical (unpaired) electrons. The Morgan fingerprint density at radius 2 is 2.03 bits per heavy atom. The number of allylic oxidation sites excluding steroid dienone is 3. The van der Waals surface area contributed by atoms with E-state index in [1.165, 1.54) is 18.5 Å². The monoisotopic (exact) mass is 412 g/mol. The molecule has 9 nitrogen and oxygen atoms in total. The molecule has 30 heavy (non-hydrogen) atoms. The van der Waals surface area contributed by atoms with Crippen LogP contribution in [0.5, 0.6) is 0 Å². The van der Waals surface area contributed by atoms with E-state index in [2.05, 4.69) is 15.5 Å². The summed E-state index contributed by atoms with van der Waals surface area (Å²) < 4.78 is 11.0. The molecule has 2 aromatic rings. The van der Waals surface area contributed by atoms with Crippen LogP contribution in [0.25, 0.3) is 5.57 Å². The maximum Gasteiger partial charge on any atom is 0.336 e. The summed E-state index contributed by atoms with van der Waals surface area (Å²) in [6.07, 6.45) is 1.20. The number of non-ortho nitro benzene ring substituents is 1. The van der Waals surface area contributed by atoms with Crippen LogP contribution in [0.2, 0.25) is 0 Å². The Kier molecular flexibility index (Phi) is 5.73. The highest BCUT2D eigenvalue weighted by molar-refractivity contribution is 5.97. The number of nitrogens with zero attached hydrogens (tertiary/aromatic N) is 3. The van der Waals surface area contributed by atoms with Gasteiger partial charge in [0.25, 0.3) is 5.69 Å². The molecule has 0 saturated carbocycles. The van der Waals surface area contributed by atoms with Crippen LogP contribution < -0.4 is 5.32 Å². The lowest BCUT2D eigenvalue weighted by molar-refractivity contribution is -0.384. The van der Waals surface area contributed by atoms with Crippen molar-refractivity contribution < 1.29 is 18.9 Å². The van der Waals surface area contributed by atoms with Crippen molar-refractivity contribution in [3.05, 3.63) is 69.2 Å². The van der Waals surface area contributed by atoms with E-state index >= 15 is 0 Å². The third kappa shape index (κ3) is 4.40. The lowest BCUT2D eigenvalue weighted by Gasteiger charge is -2.30. The van der Waals surface area contributed by atoms with Gasteiger partial charge in [-0.2, -0.15) is 0 Å². The summed E-state index contributed by atoms with van der Waals surface area (Å²) in [7, 11) is 0. The number of rotatable bonds is 5. The van der Waals surface area contributed by atoms with E-state index < -0.39 is 16.8 Å². The van der Waals surface area contributed by atoms with E-state index in [-0.39, 0.29) is 23.6 Å². The zero-order valence-corrected chi connectivity index (χ0v) is 17.6. The first-order valence-corrected chi connectivity index (χ1v) is 9.45. The fraction of sp³-hybridized carbons (Fsp3) is 0.381. The molecule has 0 saturated heterocycles. The predicted molar refractivity (Wildman–Crippen MR) is 109 cm³/mol. The van der Waals surface area contributed by atoms with Crippen molar-refractivity contribution in [3.63, 3.8) is 0 Å². The normalized spacial score (nSPS) is 17.0. The second kappa shape index (κ2) is 8.10. The molecule has 3 rings (SSSR count). The molecule has 158 valence electrons. The van der Waals surface area contributed by atoms with Crippen LogP contribution in [0, 0.1) is 15.5 Å². The van der Waals surface area contributed by atoms with Gasteiger partial charge in [-0.25, -0.2) is 4.79 Å². The van der Waals surface area contributed by atoms with Crippen molar-refractivity contribution in [2.75, 3.05) is 6.61 Å². The highest BCUT2D eigenvalue weighted by Crippen LogP contribution is 2.43. The topological polar surface area (TPSA) is 120 Å². The number of hydrogen-bond donors (Lipinski definition) is 1. The molecule has 1 aliphatic heterocycles. The minimum absolute atomic E-state index is 0.0753. The van der Waals surface area contributed by atoms with Crippen molar-refractivity contribution in [2.45, 2.75) is 40.5 Å². The molecule has 1 aromatic carbocycles. The quantitative estimate of drug-likeness (QED) is 0.445. The molecule has 1 atom stereocenters. The number of nitro groups is 1. The lowest BCUT2D eigenvalue weighted by atomic mass is 9.80. The molecule has 1 aromatic heterocycles. The smallest absolute Gasteiger partial charge is 0.336 e. The van der Waals surface area contributed by atoms with Gasteiger partial charge in [0.15, 0.2) is 0 Å². The van der Waals surface area contributed by atoms with Gasteiger partial charge in [0.1, 0.15) is 0 Å². The minimum Gasteiger partial charge on any atom is -0.462 e. The molecule has 0 aliphatic carbocycles. The first kappa shape index (κ1) is 21.2. The number of carbonyl (C=O) groups excluding carboxylic acids is 1. The van der Waals surface area contributed by atoms with E-state index in [0.717, 1.165) is 0 Å². The number of nitrogens with one attached hydrogen (secondary N) is 1. The summed E-state index contributed by atoms with van der Waals surface area (Å²) in [5.41, 5.74) is 2.49. The third-order valence-corrected chi connectivity index (χ3v) is 4.62. The number of hydrogen-bond acceptors (Lipinski definition) is 8. The van der Waals surface area contributed by atoms with Crippen molar-refractivity contribution >= 4 is 17.2 Å². The highest BCUT2D eigenvalue weighted by Gasteiger charge is 2.37. The molecule has 2 heterocycles. The first-order valence-electron chi connectivity index (χ1n) is 9.45. The van der Waals surface area contributed by atoms with Crippen molar-refractivity contribution in [3.8, 4) is 0 Å². The third-order valence-electron chi connectivity index (χ3n) is 4.62. The number of carbonyl (C=O) groups is 1. The first-order chi connectivity index (χ1) is 14.1. The number of aromatic nitrogens is 2. The molecule has 1 N–H and O–H groups in total. The van der Waals surface area contributed by atoms with Crippen molar-refractivity contribution in [1.82, 2.24) is 15.5 Å². The van der Waals surface area contributed by atoms with Crippen molar-refractivity contribution in [2.24, 2.45) is 5.41 Å². The molecule has 1 unspecified atom stereocenters. The molecule has 0 bridgehead atoms. The maximum absolute atomic E-state index is 13.1. The van der Waals surface area contributed by atoms with Crippen LogP contribution >= 0.6 is 0 Å². The Morgan fingerprint density at radius 3 is 2.63 bits per heavy atom. The predicted octanol–water partition coefficient (Wildman–Crippen LogP) is 3.96. The molecular formula is C21H24N4O5. The van der Waals surface area contributed by atoms with E-state index in [1.54, 1.807) is 19.1 Å². The van der Waals surface area contributed by atoms with Gasteiger partial charge >= 0.3 is 5.97 Å². The Bertz CT molecular complexity index is 1030. The molecule has 9 heteroatoms.